The van der Waals surface area contributed by atoms with E-state index in [1.807, 2.05) is 104 Å². The van der Waals surface area contributed by atoms with Gasteiger partial charge in [-0.2, -0.15) is 60.4 Å². The van der Waals surface area contributed by atoms with Crippen LogP contribution in [0.3, 0.4) is 0 Å². The van der Waals surface area contributed by atoms with Crippen LogP contribution < -0.4 is 83.0 Å². The van der Waals surface area contributed by atoms with Crippen LogP contribution in [-0.2, 0) is 69.9 Å². The maximum atomic E-state index is 13.6. The summed E-state index contributed by atoms with van der Waals surface area (Å²) >= 11 is 0. The van der Waals surface area contributed by atoms with E-state index in [-0.39, 0.29) is 158 Å². The zero-order chi connectivity index (χ0) is 85.9. The van der Waals surface area contributed by atoms with Crippen LogP contribution in [0.15, 0.2) is 140 Å². The number of methoxy groups -OCH3 is 6. The number of carbonyl (C=O) groups excluding carboxylic acids is 2. The average molecular weight is 1700 g/mol. The summed E-state index contributed by atoms with van der Waals surface area (Å²) in [5.74, 6) is -2.45. The molecule has 49 heteroatoms. The van der Waals surface area contributed by atoms with Crippen LogP contribution in [0, 0.1) is 0 Å². The Morgan fingerprint density at radius 2 is 0.951 bits per heavy atom. The number of esters is 1. The van der Waals surface area contributed by atoms with E-state index in [4.69, 9.17) is 51.1 Å². The van der Waals surface area contributed by atoms with Gasteiger partial charge in [0.05, 0.1) is 77.6 Å². The Kier molecular flexibility index (Phi) is 38.8. The number of H-pyrrole nitrogens is 4. The maximum Gasteiger partial charge on any atom is 1.00 e. The molecule has 0 aliphatic rings. The zero-order valence-corrected chi connectivity index (χ0v) is 69.2. The normalized spacial score (nSPS) is 10.7. The first-order valence-electron chi connectivity index (χ1n) is 34.7. The summed E-state index contributed by atoms with van der Waals surface area (Å²) in [4.78, 5) is 143. The van der Waals surface area contributed by atoms with Gasteiger partial charge in [0.15, 0.2) is 28.2 Å². The molecule has 3 aromatic carbocycles. The van der Waals surface area contributed by atoms with Gasteiger partial charge in [-0.3, -0.25) is 68.6 Å². The van der Waals surface area contributed by atoms with Gasteiger partial charge in [-0.05, 0) is 42.9 Å². The number of aromatic amines is 4. The van der Waals surface area contributed by atoms with Crippen molar-refractivity contribution in [1.29, 1.82) is 0 Å². The van der Waals surface area contributed by atoms with E-state index >= 15 is 0 Å². The minimum absolute atomic E-state index is 0. The monoisotopic (exact) mass is 1700 g/mol. The van der Waals surface area contributed by atoms with Crippen molar-refractivity contribution in [3.05, 3.63) is 164 Å². The van der Waals surface area contributed by atoms with E-state index < -0.39 is 58.5 Å². The second-order valence-corrected chi connectivity index (χ2v) is 25.1. The summed E-state index contributed by atoms with van der Waals surface area (Å²) in [5, 5.41) is 54.9. The van der Waals surface area contributed by atoms with Gasteiger partial charge < -0.3 is 81.1 Å². The molecule has 10 heterocycles. The number of nitrogens with one attached hydrogen (secondary N) is 5. The molecule has 0 saturated carbocycles. The Balaban J connectivity index is 0.000000344. The number of aliphatic carboxylic acids is 3. The number of fused-ring (bicyclic) bond motifs is 5. The SMILES string of the molecule is C.C.CN(C)C=Nc1nc2c(cnn2CC(=O)O)c(=O)[nH]1.COC(=O)Cn1ncc2c(OC)nc(N)nc21.COC(OC)N(C)C.COc1ccc(C(NCCN(CC(=O)O)C(=O)Cn2ncc3c(=O)[nH]c(N=CN(C)C)nc32)(c2ccccc2)c2ccccc2)cc1.COc1nc(N)nc2[nH]ncc12.Nc1nc2c(cnn2CC(=O)O)c(=O)[nH]1.[Na+].[OH-]. The number of amides is 1. The van der Waals surface area contributed by atoms with Gasteiger partial charge in [0.1, 0.15) is 65.4 Å². The summed E-state index contributed by atoms with van der Waals surface area (Å²) < 4.78 is 34.6. The Morgan fingerprint density at radius 1 is 0.525 bits per heavy atom. The molecule has 0 spiro atoms. The van der Waals surface area contributed by atoms with E-state index in [0.29, 0.717) is 34.2 Å². The Labute approximate surface area is 716 Å². The van der Waals surface area contributed by atoms with Gasteiger partial charge in [0, 0.05) is 55.5 Å². The second-order valence-electron chi connectivity index (χ2n) is 25.1. The van der Waals surface area contributed by atoms with Crippen molar-refractivity contribution in [2.24, 2.45) is 9.98 Å². The molecule has 0 bridgehead atoms. The Hall–Kier alpha value is -14.3. The maximum absolute atomic E-state index is 13.6. The summed E-state index contributed by atoms with van der Waals surface area (Å²) in [6.07, 6.45) is 9.70. The minimum Gasteiger partial charge on any atom is -0.870 e. The quantitative estimate of drug-likeness (QED) is 0.00720. The Morgan fingerprint density at radius 3 is 1.38 bits per heavy atom. The van der Waals surface area contributed by atoms with Crippen LogP contribution in [-0.4, -0.2) is 293 Å². The molecule has 122 heavy (non-hydrogen) atoms. The standard InChI is InChI=1S/C34H36N8O5.C10H12N6O3.C9H11N5O3.C7H7N5O3.C6H7N5O.C5H13NO2.2CH4.Na.H2O/c1-40(2)23-35-33-38-31-28(32(46)39-33)20-37-42(31)21-29(43)41(22-30(44)45)19-18-36-34(24-10-6-4-7-11-24,25-12-8-5-9-13-25)26-14-16-27(47-3)17-15-26;1-15(2)5-11-10-13-8-6(9(19)14-10)3-12-16(8)4-7(17)18;1-16-6(15)4-14-7-5(3-11-14)8(17-2)13-9(10)12-7;8-7-10-5-3(6(15)11-7)1-9-12(5)2-4(13)14;1-12-5-3-2-8-11-4(3)9-6(7)10-5;1-6(2)5(7-3)8-4;;;;/h4-17,20,23,36H,18-19,21-22H2,1-3H3,(H,44,45)(H,38,39,46);3,5H,4H2,1-2H3,(H,17,18)(H,13,14,19);3H,4H2,1-2H3,(H2,10,12,13);1H,2H2,(H,13,14)(H3,8,10,11,15);2H,1H3,(H3,7,8,9,10,11);5H,1-4H3;2*1H4;;1H2/q;;;;;;;;+1;/p-1. The minimum atomic E-state index is -1.16. The summed E-state index contributed by atoms with van der Waals surface area (Å²) in [6, 6.07) is 27.6. The molecule has 13 aromatic rings. The van der Waals surface area contributed by atoms with Crippen molar-refractivity contribution >= 4 is 127 Å². The number of carbonyl (C=O) groups is 5. The van der Waals surface area contributed by atoms with Gasteiger partial charge >= 0.3 is 53.4 Å². The topological polar surface area (TPSA) is 648 Å². The molecular weight excluding hydrogens is 1610 g/mol. The summed E-state index contributed by atoms with van der Waals surface area (Å²) in [5.41, 5.74) is 18.5. The number of aliphatic imine (C=N–C) groups is 2. The molecule has 0 aliphatic heterocycles. The number of rotatable bonds is 27. The number of nitrogens with two attached hydrogens (primary N) is 3. The summed E-state index contributed by atoms with van der Waals surface area (Å²) in [6.45, 7) is -1.33. The zero-order valence-electron chi connectivity index (χ0n) is 67.2. The fourth-order valence-electron chi connectivity index (χ4n) is 10.9. The number of nitrogen functional groups attached to an aromatic ring is 3. The fraction of sp³-hybridized carbons (Fsp3) is 0.315. The van der Waals surface area contributed by atoms with Gasteiger partial charge in [-0.1, -0.05) is 87.6 Å². The number of benzene rings is 3. The molecule has 0 aliphatic carbocycles. The second kappa shape index (κ2) is 47.3. The molecule has 0 fully saturated rings. The van der Waals surface area contributed by atoms with Crippen molar-refractivity contribution in [2.75, 3.05) is 122 Å². The van der Waals surface area contributed by atoms with Crippen LogP contribution in [0.1, 0.15) is 31.5 Å². The van der Waals surface area contributed by atoms with Crippen LogP contribution in [0.2, 0.25) is 0 Å². The number of hydrogen-bond acceptors (Lipinski definition) is 34. The van der Waals surface area contributed by atoms with Crippen molar-refractivity contribution in [3.8, 4) is 17.5 Å². The number of nitrogens with zero attached hydrogens (tertiary/aromatic N) is 22. The van der Waals surface area contributed by atoms with Crippen LogP contribution in [0.4, 0.5) is 29.7 Å². The van der Waals surface area contributed by atoms with E-state index in [1.165, 1.54) is 73.1 Å². The van der Waals surface area contributed by atoms with E-state index in [0.717, 1.165) is 31.4 Å². The molecule has 48 nitrogen and oxygen atoms in total. The van der Waals surface area contributed by atoms with E-state index in [2.05, 4.69) is 100 Å². The van der Waals surface area contributed by atoms with Crippen molar-refractivity contribution in [2.45, 2.75) is 53.0 Å². The van der Waals surface area contributed by atoms with E-state index in [1.54, 1.807) is 65.5 Å². The van der Waals surface area contributed by atoms with Crippen molar-refractivity contribution in [1.82, 2.24) is 124 Å². The molecule has 0 atom stereocenters. The molecule has 15 N–H and O–H groups in total. The van der Waals surface area contributed by atoms with Gasteiger partial charge in [-0.25, -0.2) is 28.7 Å². The Bertz CT molecular complexity index is 5790. The number of aromatic nitrogens is 20. The fourth-order valence-corrected chi connectivity index (χ4v) is 10.9. The van der Waals surface area contributed by atoms with Crippen molar-refractivity contribution < 1.29 is 103 Å². The molecule has 0 unspecified atom stereocenters. The molecule has 0 saturated heterocycles. The predicted molar refractivity (Wildman–Crippen MR) is 444 cm³/mol. The smallest absolute Gasteiger partial charge is 0.870 e. The third-order valence-electron chi connectivity index (χ3n) is 16.1. The number of carboxylic acids is 3. The molecule has 10 aromatic heterocycles. The van der Waals surface area contributed by atoms with Gasteiger partial charge in [0.25, 0.3) is 16.7 Å². The third kappa shape index (κ3) is 26.6. The molecular formula is C73H95N30NaO18. The molecule has 646 valence electrons. The number of anilines is 3. The van der Waals surface area contributed by atoms with Crippen LogP contribution >= 0.6 is 0 Å². The van der Waals surface area contributed by atoms with Gasteiger partial charge in [0.2, 0.25) is 53.8 Å². The van der Waals surface area contributed by atoms with Gasteiger partial charge in [-0.15, -0.1) is 0 Å². The number of ether oxygens (including phenoxy) is 6. The van der Waals surface area contributed by atoms with Crippen LogP contribution in [0.5, 0.6) is 17.5 Å². The average Bonchev–Trinajstić information content (AvgIpc) is 1.41. The molecule has 1 amide bonds. The number of hydrogen-bond donors (Lipinski definition) is 11. The first-order chi connectivity index (χ1) is 56.4. The molecule has 13 rings (SSSR count). The first kappa shape index (κ1) is 100. The molecule has 0 radical (unpaired) electrons. The van der Waals surface area contributed by atoms with Crippen molar-refractivity contribution in [3.63, 3.8) is 0 Å². The number of carboxylic acid groups (broad SMARTS) is 3. The van der Waals surface area contributed by atoms with Crippen LogP contribution in [0.25, 0.3) is 55.2 Å². The predicted octanol–water partition coefficient (Wildman–Crippen LogP) is -1.19. The largest absolute Gasteiger partial charge is 1.00 e. The third-order valence-corrected chi connectivity index (χ3v) is 16.1. The summed E-state index contributed by atoms with van der Waals surface area (Å²) in [7, 11) is 20.0. The van der Waals surface area contributed by atoms with E-state index in [9.17, 15) is 43.5 Å². The first-order valence-corrected chi connectivity index (χ1v) is 34.7.